The van der Waals surface area contributed by atoms with Crippen molar-refractivity contribution in [2.45, 2.75) is 18.7 Å². The number of ether oxygens (including phenoxy) is 2. The Morgan fingerprint density at radius 2 is 1.93 bits per heavy atom. The summed E-state index contributed by atoms with van der Waals surface area (Å²) in [6.45, 7) is 4.77. The van der Waals surface area contributed by atoms with Crippen LogP contribution in [-0.4, -0.2) is 51.5 Å². The quantitative estimate of drug-likeness (QED) is 0.774. The molecular weight excluding hydrogens is 399 g/mol. The van der Waals surface area contributed by atoms with E-state index in [-0.39, 0.29) is 35.0 Å². The van der Waals surface area contributed by atoms with E-state index in [0.717, 1.165) is 6.07 Å². The molecule has 3 rings (SSSR count). The first-order chi connectivity index (χ1) is 13.8. The average Bonchev–Trinajstić information content (AvgIpc) is 2.72. The first-order valence-corrected chi connectivity index (χ1v) is 10.7. The van der Waals surface area contributed by atoms with E-state index >= 15 is 0 Å². The SMILES string of the molecule is CCOc1ccc(NC(=O)c2ccc(C)c(F)c2)cc1S(=O)(=O)N1CCOCC1. The lowest BCUT2D eigenvalue weighted by Gasteiger charge is -2.27. The van der Waals surface area contributed by atoms with Gasteiger partial charge in [-0.2, -0.15) is 4.31 Å². The van der Waals surface area contributed by atoms with Crippen LogP contribution in [0.4, 0.5) is 10.1 Å². The number of hydrogen-bond acceptors (Lipinski definition) is 5. The second-order valence-corrected chi connectivity index (χ2v) is 8.44. The molecule has 0 spiro atoms. The number of carbonyl (C=O) groups excluding carboxylic acids is 1. The number of morpholine rings is 1. The number of benzene rings is 2. The van der Waals surface area contributed by atoms with Crippen molar-refractivity contribution in [1.29, 1.82) is 0 Å². The largest absolute Gasteiger partial charge is 0.492 e. The van der Waals surface area contributed by atoms with Crippen molar-refractivity contribution in [2.75, 3.05) is 38.2 Å². The first kappa shape index (κ1) is 21.2. The topological polar surface area (TPSA) is 84.9 Å². The minimum Gasteiger partial charge on any atom is -0.492 e. The number of nitrogens with one attached hydrogen (secondary N) is 1. The van der Waals surface area contributed by atoms with Crippen molar-refractivity contribution in [2.24, 2.45) is 0 Å². The zero-order valence-corrected chi connectivity index (χ0v) is 17.1. The monoisotopic (exact) mass is 422 g/mol. The molecule has 29 heavy (non-hydrogen) atoms. The summed E-state index contributed by atoms with van der Waals surface area (Å²) in [5.74, 6) is -0.818. The minimum absolute atomic E-state index is 0.0332. The molecular formula is C20H23FN2O5S. The molecule has 7 nitrogen and oxygen atoms in total. The summed E-state index contributed by atoms with van der Waals surface area (Å²) >= 11 is 0. The highest BCUT2D eigenvalue weighted by molar-refractivity contribution is 7.89. The molecule has 1 aliphatic rings. The van der Waals surface area contributed by atoms with Crippen LogP contribution in [-0.2, 0) is 14.8 Å². The van der Waals surface area contributed by atoms with Crippen LogP contribution in [0.5, 0.6) is 5.75 Å². The van der Waals surface area contributed by atoms with Crippen molar-refractivity contribution in [3.8, 4) is 5.75 Å². The molecule has 1 fully saturated rings. The van der Waals surface area contributed by atoms with E-state index in [4.69, 9.17) is 9.47 Å². The third kappa shape index (κ3) is 4.75. The van der Waals surface area contributed by atoms with Crippen LogP contribution in [0.15, 0.2) is 41.3 Å². The molecule has 0 radical (unpaired) electrons. The zero-order chi connectivity index (χ0) is 21.0. The Hall–Kier alpha value is -2.49. The van der Waals surface area contributed by atoms with Crippen molar-refractivity contribution in [1.82, 2.24) is 4.31 Å². The fraction of sp³-hybridized carbons (Fsp3) is 0.350. The van der Waals surface area contributed by atoms with Gasteiger partial charge in [0.25, 0.3) is 5.91 Å². The highest BCUT2D eigenvalue weighted by Crippen LogP contribution is 2.30. The van der Waals surface area contributed by atoms with Gasteiger partial charge in [0.1, 0.15) is 16.5 Å². The maximum atomic E-state index is 13.8. The second kappa shape index (κ2) is 8.89. The van der Waals surface area contributed by atoms with Crippen LogP contribution in [0.2, 0.25) is 0 Å². The van der Waals surface area contributed by atoms with Gasteiger partial charge in [-0.15, -0.1) is 0 Å². The molecule has 156 valence electrons. The Morgan fingerprint density at radius 3 is 2.59 bits per heavy atom. The van der Waals surface area contributed by atoms with Crippen molar-refractivity contribution in [3.63, 3.8) is 0 Å². The number of hydrogen-bond donors (Lipinski definition) is 1. The summed E-state index contributed by atoms with van der Waals surface area (Å²) in [7, 11) is -3.83. The average molecular weight is 422 g/mol. The molecule has 9 heteroatoms. The van der Waals surface area contributed by atoms with E-state index in [1.807, 2.05) is 0 Å². The Balaban J connectivity index is 1.91. The predicted molar refractivity (Wildman–Crippen MR) is 106 cm³/mol. The molecule has 2 aromatic rings. The fourth-order valence-corrected chi connectivity index (χ4v) is 4.49. The number of nitrogens with zero attached hydrogens (tertiary/aromatic N) is 1. The molecule has 0 aromatic heterocycles. The highest BCUT2D eigenvalue weighted by Gasteiger charge is 2.29. The van der Waals surface area contributed by atoms with E-state index in [1.165, 1.54) is 28.6 Å². The number of anilines is 1. The van der Waals surface area contributed by atoms with Crippen LogP contribution < -0.4 is 10.1 Å². The smallest absolute Gasteiger partial charge is 0.255 e. The molecule has 0 unspecified atom stereocenters. The normalized spacial score (nSPS) is 15.1. The summed E-state index contributed by atoms with van der Waals surface area (Å²) in [6.07, 6.45) is 0. The van der Waals surface area contributed by atoms with E-state index in [2.05, 4.69) is 5.32 Å². The van der Waals surface area contributed by atoms with Gasteiger partial charge in [-0.05, 0) is 49.7 Å². The third-order valence-electron chi connectivity index (χ3n) is 4.52. The molecule has 0 atom stereocenters. The summed E-state index contributed by atoms with van der Waals surface area (Å²) in [5, 5.41) is 2.62. The second-order valence-electron chi connectivity index (χ2n) is 6.53. The number of rotatable bonds is 6. The van der Waals surface area contributed by atoms with Gasteiger partial charge >= 0.3 is 0 Å². The van der Waals surface area contributed by atoms with Gasteiger partial charge in [-0.1, -0.05) is 6.07 Å². The summed E-state index contributed by atoms with van der Waals surface area (Å²) in [6, 6.07) is 8.57. The number of amides is 1. The molecule has 0 aliphatic carbocycles. The lowest BCUT2D eigenvalue weighted by atomic mass is 10.1. The number of aryl methyl sites for hydroxylation is 1. The van der Waals surface area contributed by atoms with Crippen molar-refractivity contribution >= 4 is 21.6 Å². The molecule has 1 heterocycles. The summed E-state index contributed by atoms with van der Waals surface area (Å²) in [5.41, 5.74) is 0.840. The number of carbonyl (C=O) groups is 1. The first-order valence-electron chi connectivity index (χ1n) is 9.25. The molecule has 1 amide bonds. The van der Waals surface area contributed by atoms with Gasteiger partial charge in [-0.3, -0.25) is 4.79 Å². The number of halogens is 1. The predicted octanol–water partition coefficient (Wildman–Crippen LogP) is 2.81. The maximum absolute atomic E-state index is 13.8. The standard InChI is InChI=1S/C20H23FN2O5S/c1-3-28-18-7-6-16(22-20(24)15-5-4-14(2)17(21)12-15)13-19(18)29(25,26)23-8-10-27-11-9-23/h4-7,12-13H,3,8-11H2,1-2H3,(H,22,24). The van der Waals surface area contributed by atoms with Crippen LogP contribution in [0.25, 0.3) is 0 Å². The van der Waals surface area contributed by atoms with Crippen LogP contribution in [0, 0.1) is 12.7 Å². The maximum Gasteiger partial charge on any atom is 0.255 e. The molecule has 0 saturated carbocycles. The molecule has 1 aliphatic heterocycles. The van der Waals surface area contributed by atoms with Gasteiger partial charge < -0.3 is 14.8 Å². The van der Waals surface area contributed by atoms with Crippen LogP contribution in [0.3, 0.4) is 0 Å². The molecule has 1 saturated heterocycles. The fourth-order valence-electron chi connectivity index (χ4n) is 2.93. The number of sulfonamides is 1. The lowest BCUT2D eigenvalue weighted by Crippen LogP contribution is -2.40. The minimum atomic E-state index is -3.83. The van der Waals surface area contributed by atoms with E-state index < -0.39 is 21.7 Å². The molecule has 0 bridgehead atoms. The summed E-state index contributed by atoms with van der Waals surface area (Å²) < 4.78 is 52.0. The van der Waals surface area contributed by atoms with Crippen molar-refractivity contribution < 1.29 is 27.1 Å². The van der Waals surface area contributed by atoms with Crippen molar-refractivity contribution in [3.05, 3.63) is 53.3 Å². The third-order valence-corrected chi connectivity index (χ3v) is 6.44. The molecule has 2 aromatic carbocycles. The van der Waals surface area contributed by atoms with Gasteiger partial charge in [0, 0.05) is 24.3 Å². The highest BCUT2D eigenvalue weighted by atomic mass is 32.2. The van der Waals surface area contributed by atoms with Gasteiger partial charge in [0.2, 0.25) is 10.0 Å². The van der Waals surface area contributed by atoms with E-state index in [0.29, 0.717) is 25.4 Å². The Labute approximate surface area is 169 Å². The Morgan fingerprint density at radius 1 is 1.21 bits per heavy atom. The van der Waals surface area contributed by atoms with Crippen LogP contribution >= 0.6 is 0 Å². The van der Waals surface area contributed by atoms with Gasteiger partial charge in [-0.25, -0.2) is 12.8 Å². The van der Waals surface area contributed by atoms with Gasteiger partial charge in [0.05, 0.1) is 19.8 Å². The zero-order valence-electron chi connectivity index (χ0n) is 16.3. The Kier molecular flexibility index (Phi) is 6.51. The van der Waals surface area contributed by atoms with E-state index in [1.54, 1.807) is 19.9 Å². The molecule has 1 N–H and O–H groups in total. The summed E-state index contributed by atoms with van der Waals surface area (Å²) in [4.78, 5) is 12.4. The van der Waals surface area contributed by atoms with Crippen LogP contribution in [0.1, 0.15) is 22.8 Å². The Bertz CT molecular complexity index is 1000. The van der Waals surface area contributed by atoms with Gasteiger partial charge in [0.15, 0.2) is 0 Å². The lowest BCUT2D eigenvalue weighted by molar-refractivity contribution is 0.0729. The van der Waals surface area contributed by atoms with E-state index in [9.17, 15) is 17.6 Å².